The molecule has 3 rings (SSSR count). The maximum atomic E-state index is 12.2. The number of pyridine rings is 1. The lowest BCUT2D eigenvalue weighted by molar-refractivity contribution is 0.0642. The number of imide groups is 1. The Balaban J connectivity index is 1.92. The van der Waals surface area contributed by atoms with Gasteiger partial charge in [-0.25, -0.2) is 4.98 Å². The van der Waals surface area contributed by atoms with Gasteiger partial charge in [0.05, 0.1) is 17.7 Å². The number of fused-ring (bicyclic) bond motifs is 1. The molecular formula is C14H9ClN2O2. The number of benzene rings is 1. The van der Waals surface area contributed by atoms with Crippen LogP contribution in [0.3, 0.4) is 0 Å². The summed E-state index contributed by atoms with van der Waals surface area (Å²) in [6.45, 7) is 0.203. The molecule has 0 radical (unpaired) electrons. The lowest BCUT2D eigenvalue weighted by Gasteiger charge is -2.13. The first-order valence-electron chi connectivity index (χ1n) is 5.72. The highest BCUT2D eigenvalue weighted by atomic mass is 35.5. The summed E-state index contributed by atoms with van der Waals surface area (Å²) in [7, 11) is 0. The fraction of sp³-hybridized carbons (Fsp3) is 0.0714. The van der Waals surface area contributed by atoms with Gasteiger partial charge in [0.15, 0.2) is 0 Å². The van der Waals surface area contributed by atoms with Gasteiger partial charge in [-0.05, 0) is 29.8 Å². The van der Waals surface area contributed by atoms with E-state index in [1.807, 2.05) is 0 Å². The largest absolute Gasteiger partial charge is 0.270 e. The summed E-state index contributed by atoms with van der Waals surface area (Å²) < 4.78 is 0. The van der Waals surface area contributed by atoms with Crippen molar-refractivity contribution in [3.8, 4) is 0 Å². The molecule has 1 aliphatic heterocycles. The summed E-state index contributed by atoms with van der Waals surface area (Å²) in [4.78, 5) is 29.4. The van der Waals surface area contributed by atoms with Gasteiger partial charge in [0.25, 0.3) is 11.8 Å². The summed E-state index contributed by atoms with van der Waals surface area (Å²) in [6, 6.07) is 10.2. The van der Waals surface area contributed by atoms with Crippen LogP contribution in [0.4, 0.5) is 0 Å². The molecule has 0 atom stereocenters. The monoisotopic (exact) mass is 272 g/mol. The zero-order valence-electron chi connectivity index (χ0n) is 9.84. The molecule has 19 heavy (non-hydrogen) atoms. The molecule has 1 aromatic carbocycles. The fourth-order valence-electron chi connectivity index (χ4n) is 2.11. The average Bonchev–Trinajstić information content (AvgIpc) is 2.65. The molecule has 1 aliphatic rings. The van der Waals surface area contributed by atoms with Gasteiger partial charge >= 0.3 is 0 Å². The lowest BCUT2D eigenvalue weighted by Crippen LogP contribution is -2.29. The van der Waals surface area contributed by atoms with Crippen LogP contribution >= 0.6 is 11.6 Å². The van der Waals surface area contributed by atoms with Crippen LogP contribution in [-0.2, 0) is 6.54 Å². The maximum Gasteiger partial charge on any atom is 0.261 e. The van der Waals surface area contributed by atoms with Crippen molar-refractivity contribution in [1.82, 2.24) is 9.88 Å². The molecule has 5 heteroatoms. The minimum absolute atomic E-state index is 0.203. The fourth-order valence-corrected chi connectivity index (χ4v) is 2.30. The van der Waals surface area contributed by atoms with Crippen LogP contribution in [0.5, 0.6) is 0 Å². The third kappa shape index (κ3) is 2.00. The van der Waals surface area contributed by atoms with Crippen molar-refractivity contribution in [2.24, 2.45) is 0 Å². The molecule has 4 nitrogen and oxygen atoms in total. The van der Waals surface area contributed by atoms with E-state index in [-0.39, 0.29) is 18.4 Å². The highest BCUT2D eigenvalue weighted by Crippen LogP contribution is 2.24. The van der Waals surface area contributed by atoms with E-state index >= 15 is 0 Å². The van der Waals surface area contributed by atoms with Crippen LogP contribution in [0.15, 0.2) is 42.6 Å². The summed E-state index contributed by atoms with van der Waals surface area (Å²) in [5.74, 6) is -0.540. The molecule has 0 spiro atoms. The van der Waals surface area contributed by atoms with Gasteiger partial charge < -0.3 is 0 Å². The van der Waals surface area contributed by atoms with Crippen LogP contribution < -0.4 is 0 Å². The Labute approximate surface area is 114 Å². The second kappa shape index (κ2) is 4.48. The molecule has 0 bridgehead atoms. The molecule has 2 heterocycles. The highest BCUT2D eigenvalue weighted by Gasteiger charge is 2.34. The van der Waals surface area contributed by atoms with Crippen molar-refractivity contribution in [3.05, 3.63) is 64.4 Å². The Hall–Kier alpha value is -2.20. The first kappa shape index (κ1) is 11.9. The molecule has 0 N–H and O–H groups in total. The SMILES string of the molecule is O=C1c2ccccc2C(=O)N1Cc1ccnc(Cl)c1. The van der Waals surface area contributed by atoms with Gasteiger partial charge in [-0.15, -0.1) is 0 Å². The Kier molecular flexibility index (Phi) is 2.80. The van der Waals surface area contributed by atoms with Gasteiger partial charge in [0.2, 0.25) is 0 Å². The Morgan fingerprint density at radius 3 is 2.26 bits per heavy atom. The number of carbonyl (C=O) groups excluding carboxylic acids is 2. The highest BCUT2D eigenvalue weighted by molar-refractivity contribution is 6.29. The average molecular weight is 273 g/mol. The van der Waals surface area contributed by atoms with Crippen molar-refractivity contribution in [2.45, 2.75) is 6.54 Å². The van der Waals surface area contributed by atoms with E-state index in [2.05, 4.69) is 4.98 Å². The number of carbonyl (C=O) groups is 2. The first-order chi connectivity index (χ1) is 9.16. The number of hydrogen-bond donors (Lipinski definition) is 0. The first-order valence-corrected chi connectivity index (χ1v) is 6.10. The summed E-state index contributed by atoms with van der Waals surface area (Å²) in [6.07, 6.45) is 1.55. The molecule has 0 fully saturated rings. The van der Waals surface area contributed by atoms with Gasteiger partial charge in [-0.3, -0.25) is 14.5 Å². The standard InChI is InChI=1S/C14H9ClN2O2/c15-12-7-9(5-6-16-12)8-17-13(18)10-3-1-2-4-11(10)14(17)19/h1-7H,8H2. The summed E-state index contributed by atoms with van der Waals surface area (Å²) in [5.41, 5.74) is 1.68. The molecule has 0 saturated carbocycles. The second-order valence-corrected chi connectivity index (χ2v) is 4.62. The zero-order chi connectivity index (χ0) is 13.4. The third-order valence-electron chi connectivity index (χ3n) is 3.01. The number of halogens is 1. The Morgan fingerprint density at radius 2 is 1.68 bits per heavy atom. The Bertz CT molecular complexity index is 650. The van der Waals surface area contributed by atoms with E-state index in [0.29, 0.717) is 16.3 Å². The van der Waals surface area contributed by atoms with Crippen LogP contribution in [-0.4, -0.2) is 21.7 Å². The normalized spacial score (nSPS) is 13.8. The second-order valence-electron chi connectivity index (χ2n) is 4.23. The van der Waals surface area contributed by atoms with Gasteiger partial charge in [0, 0.05) is 6.20 Å². The molecule has 2 aromatic rings. The van der Waals surface area contributed by atoms with E-state index in [9.17, 15) is 9.59 Å². The number of nitrogens with zero attached hydrogens (tertiary/aromatic N) is 2. The predicted octanol–water partition coefficient (Wildman–Crippen LogP) is 2.53. The minimum atomic E-state index is -0.270. The third-order valence-corrected chi connectivity index (χ3v) is 3.22. The summed E-state index contributed by atoms with van der Waals surface area (Å²) >= 11 is 5.79. The predicted molar refractivity (Wildman–Crippen MR) is 69.9 cm³/mol. The minimum Gasteiger partial charge on any atom is -0.270 e. The zero-order valence-corrected chi connectivity index (χ0v) is 10.6. The van der Waals surface area contributed by atoms with E-state index < -0.39 is 0 Å². The van der Waals surface area contributed by atoms with Gasteiger partial charge in [-0.2, -0.15) is 0 Å². The number of rotatable bonds is 2. The molecule has 2 amide bonds. The molecule has 0 aliphatic carbocycles. The van der Waals surface area contributed by atoms with Crippen molar-refractivity contribution in [2.75, 3.05) is 0 Å². The van der Waals surface area contributed by atoms with E-state index in [1.165, 1.54) is 4.90 Å². The number of amides is 2. The van der Waals surface area contributed by atoms with Crippen LogP contribution in [0.1, 0.15) is 26.3 Å². The molecular weight excluding hydrogens is 264 g/mol. The van der Waals surface area contributed by atoms with E-state index in [4.69, 9.17) is 11.6 Å². The van der Waals surface area contributed by atoms with Crippen LogP contribution in [0.2, 0.25) is 5.15 Å². The molecule has 0 unspecified atom stereocenters. The molecule has 1 aromatic heterocycles. The topological polar surface area (TPSA) is 50.3 Å². The summed E-state index contributed by atoms with van der Waals surface area (Å²) in [5, 5.41) is 0.342. The maximum absolute atomic E-state index is 12.2. The molecule has 0 saturated heterocycles. The van der Waals surface area contributed by atoms with Crippen molar-refractivity contribution < 1.29 is 9.59 Å². The van der Waals surface area contributed by atoms with Gasteiger partial charge in [0.1, 0.15) is 5.15 Å². The van der Waals surface area contributed by atoms with Crippen LogP contribution in [0, 0.1) is 0 Å². The van der Waals surface area contributed by atoms with Gasteiger partial charge in [-0.1, -0.05) is 23.7 Å². The van der Waals surface area contributed by atoms with E-state index in [1.54, 1.807) is 42.6 Å². The number of hydrogen-bond acceptors (Lipinski definition) is 3. The van der Waals surface area contributed by atoms with E-state index in [0.717, 1.165) is 5.56 Å². The quantitative estimate of drug-likeness (QED) is 0.623. The smallest absolute Gasteiger partial charge is 0.261 e. The van der Waals surface area contributed by atoms with Crippen molar-refractivity contribution >= 4 is 23.4 Å². The van der Waals surface area contributed by atoms with Crippen molar-refractivity contribution in [1.29, 1.82) is 0 Å². The Morgan fingerprint density at radius 1 is 1.05 bits per heavy atom. The lowest BCUT2D eigenvalue weighted by atomic mass is 10.1. The van der Waals surface area contributed by atoms with Crippen molar-refractivity contribution in [3.63, 3.8) is 0 Å². The number of aromatic nitrogens is 1. The molecule has 94 valence electrons. The van der Waals surface area contributed by atoms with Crippen LogP contribution in [0.25, 0.3) is 0 Å².